The Morgan fingerprint density at radius 1 is 1.23 bits per heavy atom. The van der Waals surface area contributed by atoms with E-state index in [4.69, 9.17) is 4.74 Å². The van der Waals surface area contributed by atoms with Crippen LogP contribution in [0, 0.1) is 0 Å². The summed E-state index contributed by atoms with van der Waals surface area (Å²) in [5, 5.41) is 0. The highest BCUT2D eigenvalue weighted by molar-refractivity contribution is 5.59. The number of hydrogen-bond donors (Lipinski definition) is 0. The second-order valence-electron chi connectivity index (χ2n) is 2.61. The smallest absolute Gasteiger partial charge is 0.435 e. The number of carbonyl (C=O) groups excluding carboxylic acids is 1. The van der Waals surface area contributed by atoms with Crippen LogP contribution in [-0.4, -0.2) is 19.4 Å². The van der Waals surface area contributed by atoms with Gasteiger partial charge in [-0.2, -0.15) is 0 Å². The summed E-state index contributed by atoms with van der Waals surface area (Å²) in [7, 11) is 0. The molecule has 13 heavy (non-hydrogen) atoms. The second kappa shape index (κ2) is 9.10. The highest BCUT2D eigenvalue weighted by atomic mass is 16.7. The summed E-state index contributed by atoms with van der Waals surface area (Å²) in [6, 6.07) is 0. The van der Waals surface area contributed by atoms with Gasteiger partial charge in [-0.3, -0.25) is 0 Å². The molecule has 0 N–H and O–H groups in total. The molecular formula is C10H18O3. The largest absolute Gasteiger partial charge is 0.508 e. The van der Waals surface area contributed by atoms with Crippen molar-refractivity contribution in [3.63, 3.8) is 0 Å². The number of rotatable bonds is 6. The van der Waals surface area contributed by atoms with Crippen LogP contribution in [-0.2, 0) is 9.47 Å². The van der Waals surface area contributed by atoms with E-state index in [1.165, 1.54) is 12.8 Å². The summed E-state index contributed by atoms with van der Waals surface area (Å²) in [5.41, 5.74) is 0. The molecule has 0 saturated heterocycles. The van der Waals surface area contributed by atoms with E-state index in [-0.39, 0.29) is 0 Å². The fourth-order valence-electron chi connectivity index (χ4n) is 0.784. The van der Waals surface area contributed by atoms with Crippen LogP contribution in [0.25, 0.3) is 0 Å². The standard InChI is InChI=1S/C10H18O3/c1-3-5-6-7-8-9-13-10(11)12-4-2/h7-8H,3-6,9H2,1-2H3/b8-7+. The lowest BCUT2D eigenvalue weighted by Crippen LogP contribution is -2.06. The first-order chi connectivity index (χ1) is 6.31. The van der Waals surface area contributed by atoms with Gasteiger partial charge in [-0.1, -0.05) is 31.9 Å². The van der Waals surface area contributed by atoms with E-state index in [1.807, 2.05) is 12.2 Å². The summed E-state index contributed by atoms with van der Waals surface area (Å²) < 4.78 is 9.29. The Balaban J connectivity index is 3.23. The average Bonchev–Trinajstić information content (AvgIpc) is 2.11. The molecule has 0 spiro atoms. The zero-order chi connectivity index (χ0) is 9.94. The zero-order valence-corrected chi connectivity index (χ0v) is 8.41. The topological polar surface area (TPSA) is 35.5 Å². The maximum Gasteiger partial charge on any atom is 0.508 e. The highest BCUT2D eigenvalue weighted by Gasteiger charge is 1.97. The molecule has 0 aliphatic rings. The summed E-state index contributed by atoms with van der Waals surface area (Å²) in [4.78, 5) is 10.7. The van der Waals surface area contributed by atoms with Gasteiger partial charge < -0.3 is 9.47 Å². The molecule has 0 radical (unpaired) electrons. The van der Waals surface area contributed by atoms with Gasteiger partial charge in [0, 0.05) is 0 Å². The molecule has 0 unspecified atom stereocenters. The van der Waals surface area contributed by atoms with Crippen LogP contribution in [0.3, 0.4) is 0 Å². The third-order valence-corrected chi connectivity index (χ3v) is 1.45. The predicted molar refractivity (Wildman–Crippen MR) is 51.6 cm³/mol. The molecule has 0 bridgehead atoms. The van der Waals surface area contributed by atoms with E-state index in [0.717, 1.165) is 6.42 Å². The van der Waals surface area contributed by atoms with Crippen molar-refractivity contribution >= 4 is 6.16 Å². The van der Waals surface area contributed by atoms with Crippen molar-refractivity contribution in [2.45, 2.75) is 33.1 Å². The first-order valence-corrected chi connectivity index (χ1v) is 4.75. The molecule has 0 aromatic heterocycles. The number of allylic oxidation sites excluding steroid dienone is 1. The second-order valence-corrected chi connectivity index (χ2v) is 2.61. The normalized spacial score (nSPS) is 10.3. The molecule has 0 aliphatic carbocycles. The van der Waals surface area contributed by atoms with Crippen molar-refractivity contribution in [3.05, 3.63) is 12.2 Å². The van der Waals surface area contributed by atoms with Crippen LogP contribution in [0.5, 0.6) is 0 Å². The van der Waals surface area contributed by atoms with E-state index in [2.05, 4.69) is 11.7 Å². The molecule has 0 aliphatic heterocycles. The Morgan fingerprint density at radius 3 is 2.62 bits per heavy atom. The van der Waals surface area contributed by atoms with Crippen LogP contribution < -0.4 is 0 Å². The lowest BCUT2D eigenvalue weighted by molar-refractivity contribution is 0.0673. The average molecular weight is 186 g/mol. The molecule has 3 heteroatoms. The van der Waals surface area contributed by atoms with Crippen LogP contribution in [0.2, 0.25) is 0 Å². The van der Waals surface area contributed by atoms with Crippen molar-refractivity contribution in [2.24, 2.45) is 0 Å². The first-order valence-electron chi connectivity index (χ1n) is 4.75. The van der Waals surface area contributed by atoms with Gasteiger partial charge in [0.25, 0.3) is 0 Å². The maximum absolute atomic E-state index is 10.7. The summed E-state index contributed by atoms with van der Waals surface area (Å²) in [6.45, 7) is 4.56. The Hall–Kier alpha value is -0.990. The van der Waals surface area contributed by atoms with Crippen molar-refractivity contribution < 1.29 is 14.3 Å². The Bertz CT molecular complexity index is 152. The SMILES string of the molecule is CCCC/C=C/COC(=O)OCC. The Labute approximate surface area is 79.7 Å². The van der Waals surface area contributed by atoms with Crippen molar-refractivity contribution in [1.82, 2.24) is 0 Å². The van der Waals surface area contributed by atoms with Gasteiger partial charge in [0.2, 0.25) is 0 Å². The molecule has 0 aromatic rings. The molecule has 0 fully saturated rings. The van der Waals surface area contributed by atoms with Crippen LogP contribution in [0.15, 0.2) is 12.2 Å². The van der Waals surface area contributed by atoms with E-state index >= 15 is 0 Å². The molecule has 0 rings (SSSR count). The molecule has 0 amide bonds. The molecule has 0 aromatic carbocycles. The fraction of sp³-hybridized carbons (Fsp3) is 0.700. The Morgan fingerprint density at radius 2 is 2.00 bits per heavy atom. The van der Waals surface area contributed by atoms with Crippen molar-refractivity contribution in [1.29, 1.82) is 0 Å². The predicted octanol–water partition coefficient (Wildman–Crippen LogP) is 2.91. The van der Waals surface area contributed by atoms with Gasteiger partial charge in [0.05, 0.1) is 6.61 Å². The molecule has 0 atom stereocenters. The summed E-state index contributed by atoms with van der Waals surface area (Å²) in [5.74, 6) is 0. The van der Waals surface area contributed by atoms with Gasteiger partial charge in [0.1, 0.15) is 6.61 Å². The highest BCUT2D eigenvalue weighted by Crippen LogP contribution is 1.95. The Kier molecular flexibility index (Phi) is 8.41. The number of unbranched alkanes of at least 4 members (excludes halogenated alkanes) is 2. The number of hydrogen-bond acceptors (Lipinski definition) is 3. The van der Waals surface area contributed by atoms with Gasteiger partial charge in [-0.05, 0) is 13.3 Å². The van der Waals surface area contributed by atoms with E-state index in [9.17, 15) is 4.79 Å². The number of ether oxygens (including phenoxy) is 2. The lowest BCUT2D eigenvalue weighted by atomic mass is 10.2. The van der Waals surface area contributed by atoms with Crippen LogP contribution >= 0.6 is 0 Å². The lowest BCUT2D eigenvalue weighted by Gasteiger charge is -2.00. The molecule has 76 valence electrons. The van der Waals surface area contributed by atoms with Crippen LogP contribution in [0.4, 0.5) is 4.79 Å². The van der Waals surface area contributed by atoms with Crippen LogP contribution in [0.1, 0.15) is 33.1 Å². The minimum Gasteiger partial charge on any atom is -0.435 e. The third kappa shape index (κ3) is 8.92. The zero-order valence-electron chi connectivity index (χ0n) is 8.41. The quantitative estimate of drug-likeness (QED) is 0.363. The fourth-order valence-corrected chi connectivity index (χ4v) is 0.784. The maximum atomic E-state index is 10.7. The minimum absolute atomic E-state index is 0.308. The summed E-state index contributed by atoms with van der Waals surface area (Å²) in [6.07, 6.45) is 6.67. The minimum atomic E-state index is -0.595. The summed E-state index contributed by atoms with van der Waals surface area (Å²) >= 11 is 0. The van der Waals surface area contributed by atoms with Crippen molar-refractivity contribution in [3.8, 4) is 0 Å². The van der Waals surface area contributed by atoms with Crippen molar-refractivity contribution in [2.75, 3.05) is 13.2 Å². The van der Waals surface area contributed by atoms with E-state index in [1.54, 1.807) is 6.92 Å². The number of carbonyl (C=O) groups is 1. The first kappa shape index (κ1) is 12.0. The third-order valence-electron chi connectivity index (χ3n) is 1.45. The van der Waals surface area contributed by atoms with Gasteiger partial charge in [-0.15, -0.1) is 0 Å². The van der Waals surface area contributed by atoms with Gasteiger partial charge in [0.15, 0.2) is 0 Å². The monoisotopic (exact) mass is 186 g/mol. The van der Waals surface area contributed by atoms with E-state index in [0.29, 0.717) is 13.2 Å². The molecule has 3 nitrogen and oxygen atoms in total. The van der Waals surface area contributed by atoms with Gasteiger partial charge >= 0.3 is 6.16 Å². The molecule has 0 heterocycles. The van der Waals surface area contributed by atoms with E-state index < -0.39 is 6.16 Å². The molecule has 0 saturated carbocycles. The van der Waals surface area contributed by atoms with Gasteiger partial charge in [-0.25, -0.2) is 4.79 Å². The molecular weight excluding hydrogens is 168 g/mol.